The van der Waals surface area contributed by atoms with Crippen LogP contribution in [-0.4, -0.2) is 43.6 Å². The lowest BCUT2D eigenvalue weighted by atomic mass is 9.85. The number of hydrogen-bond acceptors (Lipinski definition) is 9. The number of nitrogens with zero attached hydrogens (tertiary/aromatic N) is 4. The third kappa shape index (κ3) is 3.58. The first-order valence-corrected chi connectivity index (χ1v) is 7.41. The van der Waals surface area contributed by atoms with Crippen LogP contribution in [0.5, 0.6) is 5.75 Å². The molecule has 0 spiro atoms. The molecule has 0 unspecified atom stereocenters. The van der Waals surface area contributed by atoms with Crippen molar-refractivity contribution >= 4 is 22.8 Å². The minimum absolute atomic E-state index is 0.289. The van der Waals surface area contributed by atoms with Crippen molar-refractivity contribution in [2.24, 2.45) is 5.92 Å². The predicted molar refractivity (Wildman–Crippen MR) is 86.5 cm³/mol. The maximum absolute atomic E-state index is 11.2. The zero-order chi connectivity index (χ0) is 19.6. The number of non-ortho nitro benzene ring substituents is 1. The molecule has 0 aliphatic carbocycles. The quantitative estimate of drug-likeness (QED) is 0.476. The Kier molecular flexibility index (Phi) is 5.14. The largest absolute Gasteiger partial charge is 0.497 e. The van der Waals surface area contributed by atoms with Crippen LogP contribution in [0.15, 0.2) is 24.4 Å². The third-order valence-electron chi connectivity index (χ3n) is 4.19. The minimum atomic E-state index is -1.21. The van der Waals surface area contributed by atoms with Crippen LogP contribution in [0.4, 0.5) is 17.1 Å². The van der Waals surface area contributed by atoms with E-state index in [4.69, 9.17) is 5.11 Å². The Labute approximate surface area is 145 Å². The zero-order valence-electron chi connectivity index (χ0n) is 13.4. The van der Waals surface area contributed by atoms with Crippen molar-refractivity contribution in [3.63, 3.8) is 0 Å². The van der Waals surface area contributed by atoms with Crippen LogP contribution in [0.25, 0.3) is 0 Å². The maximum atomic E-state index is 11.2. The summed E-state index contributed by atoms with van der Waals surface area (Å²) in [6.07, 6.45) is 2.11. The number of phenolic OH excluding ortho intramolecular Hbond substituents is 1. The van der Waals surface area contributed by atoms with Gasteiger partial charge in [-0.1, -0.05) is 6.58 Å². The Bertz CT molecular complexity index is 756. The summed E-state index contributed by atoms with van der Waals surface area (Å²) in [5.74, 6) is -0.601. The number of ketones is 1. The van der Waals surface area contributed by atoms with Gasteiger partial charge in [0.15, 0.2) is 5.78 Å². The molecule has 0 saturated carbocycles. The van der Waals surface area contributed by atoms with Crippen molar-refractivity contribution in [2.45, 2.75) is 12.8 Å². The lowest BCUT2D eigenvalue weighted by Crippen LogP contribution is -2.45. The molecule has 12 nitrogen and oxygen atoms in total. The van der Waals surface area contributed by atoms with Crippen LogP contribution in [0.3, 0.4) is 0 Å². The molecule has 0 aromatic heterocycles. The number of carbonyl (C=O) groups excluding carboxylic acids is 1. The summed E-state index contributed by atoms with van der Waals surface area (Å²) < 4.78 is 0. The lowest BCUT2D eigenvalue weighted by Gasteiger charge is -2.40. The van der Waals surface area contributed by atoms with Crippen molar-refractivity contribution in [3.8, 4) is 5.75 Å². The van der Waals surface area contributed by atoms with Gasteiger partial charge in [0.25, 0.3) is 11.4 Å². The van der Waals surface area contributed by atoms with E-state index in [2.05, 4.69) is 11.5 Å². The molecule has 1 aromatic rings. The first-order valence-electron chi connectivity index (χ1n) is 7.41. The number of nitro groups is 3. The second kappa shape index (κ2) is 7.13. The molecule has 1 aromatic carbocycles. The van der Waals surface area contributed by atoms with E-state index in [1.807, 2.05) is 0 Å². The number of nitro benzene ring substituents is 3. The van der Waals surface area contributed by atoms with E-state index < -0.39 is 37.6 Å². The minimum Gasteiger partial charge on any atom is -0.497 e. The molecule has 3 aliphatic rings. The first-order chi connectivity index (χ1) is 12.1. The number of rotatable bonds is 3. The molecule has 138 valence electrons. The highest BCUT2D eigenvalue weighted by Crippen LogP contribution is 2.39. The van der Waals surface area contributed by atoms with E-state index in [9.17, 15) is 35.1 Å². The fourth-order valence-electron chi connectivity index (χ4n) is 2.78. The van der Waals surface area contributed by atoms with Crippen LogP contribution in [0.1, 0.15) is 12.8 Å². The maximum Gasteiger partial charge on any atom is 0.324 e. The lowest BCUT2D eigenvalue weighted by molar-refractivity contribution is -0.404. The van der Waals surface area contributed by atoms with Gasteiger partial charge in [-0.15, -0.1) is 0 Å². The zero-order valence-corrected chi connectivity index (χ0v) is 13.4. The van der Waals surface area contributed by atoms with Gasteiger partial charge in [0.1, 0.15) is 0 Å². The summed E-state index contributed by atoms with van der Waals surface area (Å²) in [6.45, 7) is 5.86. The molecule has 3 fully saturated rings. The summed E-state index contributed by atoms with van der Waals surface area (Å²) in [7, 11) is 0. The van der Waals surface area contributed by atoms with Crippen LogP contribution in [0, 0.1) is 36.3 Å². The Hall–Kier alpha value is -3.57. The molecule has 3 heterocycles. The number of allylic oxidation sites excluding steroid dienone is 1. The smallest absolute Gasteiger partial charge is 0.324 e. The highest BCUT2D eigenvalue weighted by atomic mass is 16.6. The van der Waals surface area contributed by atoms with Gasteiger partial charge in [0.2, 0.25) is 0 Å². The number of benzene rings is 1. The second-order valence-corrected chi connectivity index (χ2v) is 5.68. The van der Waals surface area contributed by atoms with Crippen molar-refractivity contribution in [1.82, 2.24) is 4.90 Å². The van der Waals surface area contributed by atoms with Crippen LogP contribution < -0.4 is 0 Å². The molecule has 2 bridgehead atoms. The Morgan fingerprint density at radius 3 is 1.73 bits per heavy atom. The first kappa shape index (κ1) is 18.8. The van der Waals surface area contributed by atoms with Gasteiger partial charge in [-0.3, -0.25) is 35.1 Å². The fraction of sp³-hybridized carbons (Fsp3) is 0.357. The number of hydrogen-bond donors (Lipinski definition) is 1. The molecule has 12 heteroatoms. The Morgan fingerprint density at radius 1 is 1.00 bits per heavy atom. The van der Waals surface area contributed by atoms with E-state index in [-0.39, 0.29) is 5.78 Å². The van der Waals surface area contributed by atoms with Gasteiger partial charge < -0.3 is 10.0 Å². The van der Waals surface area contributed by atoms with Crippen molar-refractivity contribution in [1.29, 1.82) is 0 Å². The number of phenols is 1. The van der Waals surface area contributed by atoms with E-state index in [0.29, 0.717) is 18.1 Å². The van der Waals surface area contributed by atoms with Crippen LogP contribution in [0.2, 0.25) is 0 Å². The fourth-order valence-corrected chi connectivity index (χ4v) is 2.78. The summed E-state index contributed by atoms with van der Waals surface area (Å²) in [5.41, 5.74) is -2.25. The van der Waals surface area contributed by atoms with Crippen molar-refractivity contribution in [3.05, 3.63) is 54.8 Å². The molecule has 3 aliphatic heterocycles. The van der Waals surface area contributed by atoms with Crippen LogP contribution >= 0.6 is 0 Å². The summed E-state index contributed by atoms with van der Waals surface area (Å²) in [5, 5.41) is 40.2. The molecule has 3 saturated heterocycles. The molecule has 1 N–H and O–H groups in total. The number of aromatic hydroxyl groups is 1. The van der Waals surface area contributed by atoms with Crippen LogP contribution in [-0.2, 0) is 4.79 Å². The van der Waals surface area contributed by atoms with E-state index in [0.717, 1.165) is 31.6 Å². The number of fused-ring (bicyclic) bond motifs is 3. The van der Waals surface area contributed by atoms with Crippen molar-refractivity contribution in [2.75, 3.05) is 13.1 Å². The van der Waals surface area contributed by atoms with Gasteiger partial charge in [0, 0.05) is 19.0 Å². The standard InChI is InChI=1S/C8H11NO.C6H3N3O7/c1-6-8(10)7-2-4-9(6)5-3-7;10-6-4(8(13)14)1-3(7(11)12)2-5(6)9(15)16/h7H,1-5H2;1-2,10H. The SMILES string of the molecule is C=C1C(=O)C2CCN1CC2.O=[N+]([O-])c1cc([N+](=O)[O-])c(O)c([N+](=O)[O-])c1. The van der Waals surface area contributed by atoms with Gasteiger partial charge in [0.05, 0.1) is 32.6 Å². The monoisotopic (exact) mass is 366 g/mol. The van der Waals surface area contributed by atoms with Gasteiger partial charge in [-0.05, 0) is 12.8 Å². The third-order valence-corrected chi connectivity index (χ3v) is 4.19. The number of carbonyl (C=O) groups is 1. The molecule has 4 rings (SSSR count). The predicted octanol–water partition coefficient (Wildman–Crippen LogP) is 1.91. The average molecular weight is 366 g/mol. The molecule has 0 atom stereocenters. The molecule has 0 amide bonds. The van der Waals surface area contributed by atoms with Crippen molar-refractivity contribution < 1.29 is 24.7 Å². The average Bonchev–Trinajstić information content (AvgIpc) is 2.59. The number of piperidine rings is 3. The van der Waals surface area contributed by atoms with E-state index in [1.165, 1.54) is 0 Å². The number of Topliss-reactive ketones (excluding diaryl/α,β-unsaturated/α-hetero) is 1. The van der Waals surface area contributed by atoms with Gasteiger partial charge in [-0.25, -0.2) is 0 Å². The van der Waals surface area contributed by atoms with E-state index in [1.54, 1.807) is 0 Å². The summed E-state index contributed by atoms with van der Waals surface area (Å²) >= 11 is 0. The topological polar surface area (TPSA) is 170 Å². The molecular formula is C14H14N4O8. The Balaban J connectivity index is 0.000000206. The normalized spacial score (nSPS) is 16.1. The molecule has 0 radical (unpaired) electrons. The summed E-state index contributed by atoms with van der Waals surface area (Å²) in [4.78, 5) is 41.1. The second-order valence-electron chi connectivity index (χ2n) is 5.68. The molecule has 26 heavy (non-hydrogen) atoms. The highest BCUT2D eigenvalue weighted by molar-refractivity contribution is 5.97. The summed E-state index contributed by atoms with van der Waals surface area (Å²) in [6, 6.07) is 0.894. The van der Waals surface area contributed by atoms with E-state index >= 15 is 0 Å². The van der Waals surface area contributed by atoms with Gasteiger partial charge >= 0.3 is 11.4 Å². The van der Waals surface area contributed by atoms with Gasteiger partial charge in [-0.2, -0.15) is 0 Å². The highest BCUT2D eigenvalue weighted by Gasteiger charge is 2.34. The Morgan fingerprint density at radius 2 is 1.46 bits per heavy atom. The molecular weight excluding hydrogens is 352 g/mol.